The summed E-state index contributed by atoms with van der Waals surface area (Å²) in [6.45, 7) is 2.52. The highest BCUT2D eigenvalue weighted by Crippen LogP contribution is 2.29. The number of nitrogens with one attached hydrogen (secondary N) is 3. The van der Waals surface area contributed by atoms with Gasteiger partial charge < -0.3 is 15.6 Å². The van der Waals surface area contributed by atoms with Crippen molar-refractivity contribution in [3.8, 4) is 11.4 Å². The lowest BCUT2D eigenvalue weighted by atomic mass is 10.1. The van der Waals surface area contributed by atoms with E-state index < -0.39 is 17.6 Å². The Kier molecular flexibility index (Phi) is 6.68. The van der Waals surface area contributed by atoms with Crippen LogP contribution in [0.15, 0.2) is 53.5 Å². The molecule has 0 atom stereocenters. The van der Waals surface area contributed by atoms with Crippen LogP contribution >= 0.6 is 0 Å². The number of halogens is 3. The molecular weight excluding hydrogens is 411 g/mol. The number of anilines is 1. The summed E-state index contributed by atoms with van der Waals surface area (Å²) in [6, 6.07) is 8.94. The van der Waals surface area contributed by atoms with Crippen LogP contribution in [0.5, 0.6) is 0 Å². The molecule has 10 heteroatoms. The van der Waals surface area contributed by atoms with Crippen LogP contribution in [0.4, 0.5) is 19.0 Å². The highest BCUT2D eigenvalue weighted by molar-refractivity contribution is 5.94. The predicted molar refractivity (Wildman–Crippen MR) is 110 cm³/mol. The topological polar surface area (TPSA) is 99.8 Å². The normalized spacial score (nSPS) is 11.2. The number of aromatic nitrogens is 3. The number of pyridine rings is 1. The molecule has 0 fully saturated rings. The summed E-state index contributed by atoms with van der Waals surface area (Å²) in [4.78, 5) is 35.0. The first-order chi connectivity index (χ1) is 14.8. The molecule has 0 aliphatic heterocycles. The average molecular weight is 431 g/mol. The summed E-state index contributed by atoms with van der Waals surface area (Å²) >= 11 is 0. The fourth-order valence-corrected chi connectivity index (χ4v) is 2.74. The van der Waals surface area contributed by atoms with Crippen LogP contribution in [0.25, 0.3) is 11.4 Å². The monoisotopic (exact) mass is 431 g/mol. The van der Waals surface area contributed by atoms with Crippen molar-refractivity contribution in [2.75, 3.05) is 18.4 Å². The van der Waals surface area contributed by atoms with E-state index in [1.54, 1.807) is 18.3 Å². The summed E-state index contributed by atoms with van der Waals surface area (Å²) < 4.78 is 37.7. The SMILES string of the molecule is CCc1cc(=O)[nH]c(-c2ccc(NCCNC(=O)c3ccc(C(F)(F)F)cc3)nc2)n1. The second kappa shape index (κ2) is 9.41. The molecule has 0 spiro atoms. The summed E-state index contributed by atoms with van der Waals surface area (Å²) in [7, 11) is 0. The minimum Gasteiger partial charge on any atom is -0.368 e. The number of benzene rings is 1. The lowest BCUT2D eigenvalue weighted by Gasteiger charge is -2.09. The maximum Gasteiger partial charge on any atom is 0.416 e. The number of nitrogens with zero attached hydrogens (tertiary/aromatic N) is 2. The molecule has 0 bridgehead atoms. The summed E-state index contributed by atoms with van der Waals surface area (Å²) in [5, 5.41) is 5.65. The van der Waals surface area contributed by atoms with E-state index in [2.05, 4.69) is 25.6 Å². The quantitative estimate of drug-likeness (QED) is 0.499. The first kappa shape index (κ1) is 22.0. The fourth-order valence-electron chi connectivity index (χ4n) is 2.74. The highest BCUT2D eigenvalue weighted by Gasteiger charge is 2.30. The van der Waals surface area contributed by atoms with Crippen LogP contribution in [-0.2, 0) is 12.6 Å². The zero-order valence-electron chi connectivity index (χ0n) is 16.6. The molecule has 0 aliphatic rings. The Bertz CT molecular complexity index is 1090. The third-order valence-corrected chi connectivity index (χ3v) is 4.38. The zero-order chi connectivity index (χ0) is 22.4. The van der Waals surface area contributed by atoms with Gasteiger partial charge in [0.05, 0.1) is 5.56 Å². The molecule has 0 radical (unpaired) electrons. The third kappa shape index (κ3) is 5.91. The number of carbonyl (C=O) groups excluding carboxylic acids is 1. The minimum atomic E-state index is -4.44. The van der Waals surface area contributed by atoms with Gasteiger partial charge >= 0.3 is 6.18 Å². The van der Waals surface area contributed by atoms with Crippen molar-refractivity contribution in [2.45, 2.75) is 19.5 Å². The standard InChI is InChI=1S/C21H20F3N5O2/c1-2-16-11-18(30)29-19(28-16)14-5-8-17(27-12-14)25-9-10-26-20(31)13-3-6-15(7-4-13)21(22,23)24/h3-8,11-12H,2,9-10H2,1H3,(H,25,27)(H,26,31)(H,28,29,30). The molecule has 162 valence electrons. The van der Waals surface area contributed by atoms with Gasteiger partial charge in [0.2, 0.25) is 0 Å². The van der Waals surface area contributed by atoms with Gasteiger partial charge in [0, 0.05) is 42.2 Å². The summed E-state index contributed by atoms with van der Waals surface area (Å²) in [6.07, 6.45) is -2.23. The summed E-state index contributed by atoms with van der Waals surface area (Å²) in [5.74, 6) is 0.526. The predicted octanol–water partition coefficient (Wildman–Crippen LogP) is 3.26. The number of amides is 1. The Hall–Kier alpha value is -3.69. The van der Waals surface area contributed by atoms with Gasteiger partial charge in [0.25, 0.3) is 11.5 Å². The molecule has 3 N–H and O–H groups in total. The average Bonchev–Trinajstić information content (AvgIpc) is 2.76. The fraction of sp³-hybridized carbons (Fsp3) is 0.238. The second-order valence-corrected chi connectivity index (χ2v) is 6.63. The molecule has 0 aliphatic carbocycles. The van der Waals surface area contributed by atoms with E-state index in [1.165, 1.54) is 6.07 Å². The molecular formula is C21H20F3N5O2. The van der Waals surface area contributed by atoms with E-state index in [0.717, 1.165) is 24.3 Å². The van der Waals surface area contributed by atoms with Crippen molar-refractivity contribution < 1.29 is 18.0 Å². The number of hydrogen-bond acceptors (Lipinski definition) is 5. The number of H-pyrrole nitrogens is 1. The largest absolute Gasteiger partial charge is 0.416 e. The van der Waals surface area contributed by atoms with Crippen LogP contribution in [0.2, 0.25) is 0 Å². The lowest BCUT2D eigenvalue weighted by molar-refractivity contribution is -0.137. The van der Waals surface area contributed by atoms with Crippen LogP contribution < -0.4 is 16.2 Å². The van der Waals surface area contributed by atoms with E-state index in [0.29, 0.717) is 35.9 Å². The van der Waals surface area contributed by atoms with E-state index in [-0.39, 0.29) is 17.7 Å². The van der Waals surface area contributed by atoms with Gasteiger partial charge in [0.1, 0.15) is 11.6 Å². The Morgan fingerprint density at radius 2 is 1.84 bits per heavy atom. The van der Waals surface area contributed by atoms with Gasteiger partial charge in [-0.05, 0) is 42.8 Å². The molecule has 0 unspecified atom stereocenters. The molecule has 1 amide bonds. The maximum atomic E-state index is 12.6. The highest BCUT2D eigenvalue weighted by atomic mass is 19.4. The van der Waals surface area contributed by atoms with E-state index >= 15 is 0 Å². The smallest absolute Gasteiger partial charge is 0.368 e. The molecule has 0 saturated heterocycles. The number of aromatic amines is 1. The Morgan fingerprint density at radius 3 is 2.45 bits per heavy atom. The van der Waals surface area contributed by atoms with Crippen molar-refractivity contribution >= 4 is 11.7 Å². The number of rotatable bonds is 7. The van der Waals surface area contributed by atoms with Gasteiger partial charge in [-0.2, -0.15) is 13.2 Å². The molecule has 7 nitrogen and oxygen atoms in total. The van der Waals surface area contributed by atoms with Crippen molar-refractivity contribution in [3.63, 3.8) is 0 Å². The molecule has 1 aromatic carbocycles. The van der Waals surface area contributed by atoms with Crippen molar-refractivity contribution in [1.82, 2.24) is 20.3 Å². The summed E-state index contributed by atoms with van der Waals surface area (Å²) in [5.41, 5.74) is 0.457. The minimum absolute atomic E-state index is 0.145. The van der Waals surface area contributed by atoms with Crippen LogP contribution in [0.3, 0.4) is 0 Å². The van der Waals surface area contributed by atoms with E-state index in [1.807, 2.05) is 6.92 Å². The van der Waals surface area contributed by atoms with E-state index in [9.17, 15) is 22.8 Å². The van der Waals surface area contributed by atoms with Crippen molar-refractivity contribution in [1.29, 1.82) is 0 Å². The third-order valence-electron chi connectivity index (χ3n) is 4.38. The van der Waals surface area contributed by atoms with E-state index in [4.69, 9.17) is 0 Å². The molecule has 3 aromatic rings. The molecule has 2 aromatic heterocycles. The molecule has 31 heavy (non-hydrogen) atoms. The van der Waals surface area contributed by atoms with Gasteiger partial charge in [-0.25, -0.2) is 9.97 Å². The zero-order valence-corrected chi connectivity index (χ0v) is 16.6. The van der Waals surface area contributed by atoms with Crippen LogP contribution in [0, 0.1) is 0 Å². The number of carbonyl (C=O) groups is 1. The molecule has 3 rings (SSSR count). The Balaban J connectivity index is 1.50. The van der Waals surface area contributed by atoms with Crippen molar-refractivity contribution in [2.24, 2.45) is 0 Å². The first-order valence-corrected chi connectivity index (χ1v) is 9.52. The first-order valence-electron chi connectivity index (χ1n) is 9.52. The molecule has 0 saturated carbocycles. The van der Waals surface area contributed by atoms with Crippen LogP contribution in [-0.4, -0.2) is 33.9 Å². The van der Waals surface area contributed by atoms with Gasteiger partial charge in [-0.3, -0.25) is 9.59 Å². The van der Waals surface area contributed by atoms with Crippen LogP contribution in [0.1, 0.15) is 28.5 Å². The van der Waals surface area contributed by atoms with Crippen molar-refractivity contribution in [3.05, 3.63) is 75.8 Å². The second-order valence-electron chi connectivity index (χ2n) is 6.63. The Labute approximate surface area is 175 Å². The number of hydrogen-bond donors (Lipinski definition) is 3. The maximum absolute atomic E-state index is 12.6. The number of aryl methyl sites for hydroxylation is 1. The van der Waals surface area contributed by atoms with Gasteiger partial charge in [0.15, 0.2) is 0 Å². The molecule has 2 heterocycles. The number of alkyl halides is 3. The lowest BCUT2D eigenvalue weighted by Crippen LogP contribution is -2.28. The Morgan fingerprint density at radius 1 is 1.10 bits per heavy atom. The van der Waals surface area contributed by atoms with Gasteiger partial charge in [-0.1, -0.05) is 6.92 Å². The van der Waals surface area contributed by atoms with Gasteiger partial charge in [-0.15, -0.1) is 0 Å².